The van der Waals surface area contributed by atoms with E-state index in [2.05, 4.69) is 4.98 Å². The molecule has 6 heteroatoms. The molecular formula is C15H11FN2OS2. The van der Waals surface area contributed by atoms with E-state index in [4.69, 9.17) is 22.7 Å². The van der Waals surface area contributed by atoms with Crippen LogP contribution in [0.25, 0.3) is 10.2 Å². The van der Waals surface area contributed by atoms with Gasteiger partial charge in [-0.05, 0) is 30.3 Å². The number of nitrogens with two attached hydrogens (primary N) is 1. The molecule has 2 N–H and O–H groups in total. The highest BCUT2D eigenvalue weighted by Crippen LogP contribution is 2.24. The summed E-state index contributed by atoms with van der Waals surface area (Å²) in [6.07, 6.45) is 0. The monoisotopic (exact) mass is 318 g/mol. The van der Waals surface area contributed by atoms with Crippen LogP contribution in [0.3, 0.4) is 0 Å². The molecule has 0 aliphatic heterocycles. The number of aromatic nitrogens is 1. The number of ether oxygens (including phenoxy) is 1. The molecule has 2 aromatic carbocycles. The Balaban J connectivity index is 1.76. The second-order valence-corrected chi connectivity index (χ2v) is 5.93. The highest BCUT2D eigenvalue weighted by atomic mass is 32.1. The molecule has 3 aromatic rings. The topological polar surface area (TPSA) is 48.1 Å². The van der Waals surface area contributed by atoms with Crippen molar-refractivity contribution < 1.29 is 9.13 Å². The van der Waals surface area contributed by atoms with Crippen LogP contribution in [0, 0.1) is 5.82 Å². The Morgan fingerprint density at radius 2 is 2.10 bits per heavy atom. The molecule has 0 unspecified atom stereocenters. The Hall–Kier alpha value is -2.05. The van der Waals surface area contributed by atoms with Crippen LogP contribution in [0.1, 0.15) is 10.6 Å². The molecule has 1 aromatic heterocycles. The summed E-state index contributed by atoms with van der Waals surface area (Å²) in [6.45, 7) is 0.225. The third-order valence-electron chi connectivity index (χ3n) is 2.91. The van der Waals surface area contributed by atoms with Gasteiger partial charge in [0.05, 0.1) is 10.2 Å². The number of halogens is 1. The van der Waals surface area contributed by atoms with Crippen LogP contribution in [-0.4, -0.2) is 9.97 Å². The first-order valence-corrected chi connectivity index (χ1v) is 7.42. The number of nitrogens with zero attached hydrogens (tertiary/aromatic N) is 1. The fourth-order valence-electron chi connectivity index (χ4n) is 1.89. The third-order valence-corrected chi connectivity index (χ3v) is 4.15. The zero-order valence-electron chi connectivity index (χ0n) is 10.9. The van der Waals surface area contributed by atoms with Gasteiger partial charge in [-0.25, -0.2) is 9.37 Å². The summed E-state index contributed by atoms with van der Waals surface area (Å²) in [4.78, 5) is 4.59. The molecule has 0 spiro atoms. The molecule has 0 aliphatic rings. The number of benzene rings is 2. The van der Waals surface area contributed by atoms with Crippen molar-refractivity contribution in [2.75, 3.05) is 0 Å². The average molecular weight is 318 g/mol. The Morgan fingerprint density at radius 1 is 1.29 bits per heavy atom. The van der Waals surface area contributed by atoms with Gasteiger partial charge in [0.25, 0.3) is 0 Å². The minimum absolute atomic E-state index is 0.159. The first-order valence-electron chi connectivity index (χ1n) is 6.20. The Bertz CT molecular complexity index is 783. The quantitative estimate of drug-likeness (QED) is 0.746. The van der Waals surface area contributed by atoms with E-state index in [1.54, 1.807) is 6.07 Å². The van der Waals surface area contributed by atoms with Gasteiger partial charge in [-0.1, -0.05) is 24.4 Å². The summed E-state index contributed by atoms with van der Waals surface area (Å²) in [7, 11) is 0. The van der Waals surface area contributed by atoms with Crippen molar-refractivity contribution in [1.82, 2.24) is 4.98 Å². The fourth-order valence-corrected chi connectivity index (χ4v) is 2.90. The van der Waals surface area contributed by atoms with Gasteiger partial charge in [0, 0.05) is 5.56 Å². The van der Waals surface area contributed by atoms with Gasteiger partial charge >= 0.3 is 0 Å². The highest BCUT2D eigenvalue weighted by molar-refractivity contribution is 7.80. The van der Waals surface area contributed by atoms with Gasteiger partial charge in [-0.3, -0.25) is 0 Å². The van der Waals surface area contributed by atoms with Crippen LogP contribution < -0.4 is 10.5 Å². The smallest absolute Gasteiger partial charge is 0.165 e. The van der Waals surface area contributed by atoms with E-state index in [0.29, 0.717) is 5.56 Å². The van der Waals surface area contributed by atoms with Gasteiger partial charge in [-0.2, -0.15) is 0 Å². The van der Waals surface area contributed by atoms with Gasteiger partial charge < -0.3 is 10.5 Å². The number of hydrogen-bond donors (Lipinski definition) is 1. The van der Waals surface area contributed by atoms with E-state index < -0.39 is 5.82 Å². The van der Waals surface area contributed by atoms with Gasteiger partial charge in [-0.15, -0.1) is 11.3 Å². The molecule has 21 heavy (non-hydrogen) atoms. The molecule has 3 nitrogen and oxygen atoms in total. The standard InChI is InChI=1S/C15H11FN2OS2/c16-10-7-9(15(17)20)5-6-12(10)19-8-14-18-11-3-1-2-4-13(11)21-14/h1-7H,8H2,(H2,17,20). The van der Waals surface area contributed by atoms with Gasteiger partial charge in [0.2, 0.25) is 0 Å². The van der Waals surface area contributed by atoms with E-state index in [0.717, 1.165) is 15.2 Å². The van der Waals surface area contributed by atoms with Crippen LogP contribution in [0.4, 0.5) is 4.39 Å². The second kappa shape index (κ2) is 5.75. The van der Waals surface area contributed by atoms with E-state index in [9.17, 15) is 4.39 Å². The molecule has 0 amide bonds. The lowest BCUT2D eigenvalue weighted by Crippen LogP contribution is -2.09. The molecule has 0 radical (unpaired) electrons. The van der Waals surface area contributed by atoms with Crippen LogP contribution in [0.2, 0.25) is 0 Å². The van der Waals surface area contributed by atoms with Crippen molar-refractivity contribution in [2.45, 2.75) is 6.61 Å². The van der Waals surface area contributed by atoms with Gasteiger partial charge in [0.15, 0.2) is 11.6 Å². The maximum Gasteiger partial charge on any atom is 0.165 e. The Labute approximate surface area is 130 Å². The second-order valence-electron chi connectivity index (χ2n) is 4.37. The van der Waals surface area contributed by atoms with E-state index in [1.807, 2.05) is 24.3 Å². The Kier molecular flexibility index (Phi) is 3.81. The van der Waals surface area contributed by atoms with Crippen molar-refractivity contribution in [3.05, 3.63) is 58.9 Å². The number of hydrogen-bond acceptors (Lipinski definition) is 4. The van der Waals surface area contributed by atoms with E-state index in [-0.39, 0.29) is 17.3 Å². The summed E-state index contributed by atoms with van der Waals surface area (Å²) >= 11 is 6.34. The number of fused-ring (bicyclic) bond motifs is 1. The maximum atomic E-state index is 13.9. The van der Waals surface area contributed by atoms with Crippen LogP contribution in [-0.2, 0) is 6.61 Å². The van der Waals surface area contributed by atoms with Crippen LogP contribution >= 0.6 is 23.6 Å². The molecule has 0 bridgehead atoms. The predicted octanol–water partition coefficient (Wildman–Crippen LogP) is 3.65. The molecule has 3 rings (SSSR count). The van der Waals surface area contributed by atoms with Gasteiger partial charge in [0.1, 0.15) is 16.6 Å². The van der Waals surface area contributed by atoms with Crippen molar-refractivity contribution >= 4 is 38.8 Å². The minimum atomic E-state index is -0.485. The summed E-state index contributed by atoms with van der Waals surface area (Å²) in [5.74, 6) is -0.323. The van der Waals surface area contributed by atoms with Crippen molar-refractivity contribution in [3.63, 3.8) is 0 Å². The van der Waals surface area contributed by atoms with E-state index >= 15 is 0 Å². The Morgan fingerprint density at radius 3 is 2.81 bits per heavy atom. The predicted molar refractivity (Wildman–Crippen MR) is 86.2 cm³/mol. The average Bonchev–Trinajstić information content (AvgIpc) is 2.88. The number of para-hydroxylation sites is 1. The molecule has 0 saturated heterocycles. The zero-order chi connectivity index (χ0) is 14.8. The van der Waals surface area contributed by atoms with E-state index in [1.165, 1.54) is 23.5 Å². The summed E-state index contributed by atoms with van der Waals surface area (Å²) in [6, 6.07) is 12.3. The van der Waals surface area contributed by atoms with Crippen LogP contribution in [0.5, 0.6) is 5.75 Å². The third kappa shape index (κ3) is 3.01. The number of rotatable bonds is 4. The highest BCUT2D eigenvalue weighted by Gasteiger charge is 2.08. The van der Waals surface area contributed by atoms with Crippen molar-refractivity contribution in [1.29, 1.82) is 0 Å². The molecule has 0 aliphatic carbocycles. The molecule has 1 heterocycles. The molecular weight excluding hydrogens is 307 g/mol. The lowest BCUT2D eigenvalue weighted by atomic mass is 10.2. The summed E-state index contributed by atoms with van der Waals surface area (Å²) in [5, 5.41) is 0.800. The SMILES string of the molecule is NC(=S)c1ccc(OCc2nc3ccccc3s2)c(F)c1. The largest absolute Gasteiger partial charge is 0.483 e. The minimum Gasteiger partial charge on any atom is -0.483 e. The number of thiazole rings is 1. The zero-order valence-corrected chi connectivity index (χ0v) is 12.5. The molecule has 0 fully saturated rings. The maximum absolute atomic E-state index is 13.9. The van der Waals surface area contributed by atoms with Crippen LogP contribution in [0.15, 0.2) is 42.5 Å². The first-order chi connectivity index (χ1) is 10.1. The normalized spacial score (nSPS) is 10.7. The molecule has 0 atom stereocenters. The summed E-state index contributed by atoms with van der Waals surface area (Å²) in [5.41, 5.74) is 6.86. The lowest BCUT2D eigenvalue weighted by Gasteiger charge is -2.06. The number of thiocarbonyl (C=S) groups is 1. The molecule has 106 valence electrons. The summed E-state index contributed by atoms with van der Waals surface area (Å²) < 4.78 is 20.4. The first kappa shape index (κ1) is 13.9. The van der Waals surface area contributed by atoms with Crippen molar-refractivity contribution in [2.24, 2.45) is 5.73 Å². The molecule has 0 saturated carbocycles. The fraction of sp³-hybridized carbons (Fsp3) is 0.0667. The lowest BCUT2D eigenvalue weighted by molar-refractivity contribution is 0.290. The van der Waals surface area contributed by atoms with Crippen molar-refractivity contribution in [3.8, 4) is 5.75 Å².